The fourth-order valence-corrected chi connectivity index (χ4v) is 3.21. The molecule has 1 aromatic heterocycles. The molecule has 1 aromatic carbocycles. The third kappa shape index (κ3) is 4.51. The summed E-state index contributed by atoms with van der Waals surface area (Å²) in [6.45, 7) is 3.24. The molecule has 1 fully saturated rings. The Labute approximate surface area is 151 Å². The van der Waals surface area contributed by atoms with E-state index in [1.807, 2.05) is 49.0 Å². The van der Waals surface area contributed by atoms with Crippen LogP contribution in [0.15, 0.2) is 46.7 Å². The molecule has 6 nitrogen and oxygen atoms in total. The van der Waals surface area contributed by atoms with Crippen molar-refractivity contribution < 1.29 is 9.53 Å². The summed E-state index contributed by atoms with van der Waals surface area (Å²) in [4.78, 5) is 17.7. The average molecular weight is 369 g/mol. The summed E-state index contributed by atoms with van der Waals surface area (Å²) < 4.78 is 7.47. The highest BCUT2D eigenvalue weighted by atomic mass is 35.5. The van der Waals surface area contributed by atoms with Crippen molar-refractivity contribution in [3.63, 3.8) is 0 Å². The molecule has 2 aromatic rings. The zero-order valence-corrected chi connectivity index (χ0v) is 15.2. The van der Waals surface area contributed by atoms with Crippen molar-refractivity contribution in [3.8, 4) is 0 Å². The van der Waals surface area contributed by atoms with Crippen LogP contribution in [-0.2, 0) is 16.6 Å². The lowest BCUT2D eigenvalue weighted by molar-refractivity contribution is -0.123. The first-order valence-electron chi connectivity index (χ1n) is 7.54. The number of morpholine rings is 1. The number of carbonyl (C=O) groups excluding carboxylic acids is 1. The number of hydrogen-bond acceptors (Lipinski definition) is 5. The highest BCUT2D eigenvalue weighted by Crippen LogP contribution is 2.26. The van der Waals surface area contributed by atoms with Crippen molar-refractivity contribution in [3.05, 3.63) is 36.7 Å². The molecule has 0 saturated carbocycles. The van der Waals surface area contributed by atoms with Crippen LogP contribution in [0.3, 0.4) is 0 Å². The zero-order valence-electron chi connectivity index (χ0n) is 13.6. The highest BCUT2D eigenvalue weighted by molar-refractivity contribution is 7.99. The molecular weight excluding hydrogens is 348 g/mol. The van der Waals surface area contributed by atoms with Gasteiger partial charge in [-0.25, -0.2) is 4.98 Å². The Balaban J connectivity index is 0.00000208. The number of hydrogen-bond donors (Lipinski definition) is 2. The molecule has 1 aliphatic heterocycles. The molecule has 2 atom stereocenters. The third-order valence-electron chi connectivity index (χ3n) is 3.71. The average Bonchev–Trinajstić information content (AvgIpc) is 2.95. The van der Waals surface area contributed by atoms with Gasteiger partial charge in [-0.15, -0.1) is 12.4 Å². The minimum absolute atomic E-state index is 0. The van der Waals surface area contributed by atoms with Gasteiger partial charge in [0.15, 0.2) is 5.16 Å². The lowest BCUT2D eigenvalue weighted by Gasteiger charge is -2.29. The summed E-state index contributed by atoms with van der Waals surface area (Å²) in [5.41, 5.74) is 0.777. The van der Waals surface area contributed by atoms with Crippen molar-refractivity contribution in [1.29, 1.82) is 0 Å². The van der Waals surface area contributed by atoms with Gasteiger partial charge in [0.25, 0.3) is 0 Å². The number of nitrogens with zero attached hydrogens (tertiary/aromatic N) is 2. The summed E-state index contributed by atoms with van der Waals surface area (Å²) in [7, 11) is 1.96. The Morgan fingerprint density at radius 2 is 2.17 bits per heavy atom. The minimum atomic E-state index is -0.314. The van der Waals surface area contributed by atoms with E-state index in [4.69, 9.17) is 4.74 Å². The molecular formula is C16H21ClN4O2S. The van der Waals surface area contributed by atoms with Gasteiger partial charge in [-0.3, -0.25) is 4.79 Å². The van der Waals surface area contributed by atoms with Crippen molar-refractivity contribution in [1.82, 2.24) is 14.9 Å². The molecule has 8 heteroatoms. The van der Waals surface area contributed by atoms with Crippen LogP contribution >= 0.6 is 24.2 Å². The molecule has 0 unspecified atom stereocenters. The van der Waals surface area contributed by atoms with Crippen molar-refractivity contribution in [2.24, 2.45) is 7.05 Å². The van der Waals surface area contributed by atoms with E-state index in [1.165, 1.54) is 0 Å². The van der Waals surface area contributed by atoms with Crippen LogP contribution in [0.25, 0.3) is 0 Å². The van der Waals surface area contributed by atoms with Gasteiger partial charge in [0.2, 0.25) is 5.91 Å². The number of amides is 1. The maximum Gasteiger partial charge on any atom is 0.244 e. The molecule has 3 rings (SSSR count). The fourth-order valence-electron chi connectivity index (χ4n) is 2.41. The Morgan fingerprint density at radius 1 is 1.42 bits per heavy atom. The first-order valence-corrected chi connectivity index (χ1v) is 8.36. The lowest BCUT2D eigenvalue weighted by Crippen LogP contribution is -2.53. The fraction of sp³-hybridized carbons (Fsp3) is 0.375. The van der Waals surface area contributed by atoms with Gasteiger partial charge in [-0.1, -0.05) is 11.8 Å². The van der Waals surface area contributed by atoms with E-state index in [0.29, 0.717) is 13.2 Å². The zero-order chi connectivity index (χ0) is 16.2. The summed E-state index contributed by atoms with van der Waals surface area (Å²) in [5, 5.41) is 7.04. The second kappa shape index (κ2) is 8.53. The molecule has 1 aliphatic rings. The molecule has 0 radical (unpaired) electrons. The highest BCUT2D eigenvalue weighted by Gasteiger charge is 2.28. The molecule has 130 valence electrons. The number of aromatic nitrogens is 2. The number of carbonyl (C=O) groups is 1. The molecule has 1 saturated heterocycles. The van der Waals surface area contributed by atoms with Crippen LogP contribution in [0.5, 0.6) is 0 Å². The lowest BCUT2D eigenvalue weighted by atomic mass is 10.1. The van der Waals surface area contributed by atoms with Gasteiger partial charge in [-0.2, -0.15) is 0 Å². The van der Waals surface area contributed by atoms with E-state index in [0.717, 1.165) is 15.7 Å². The van der Waals surface area contributed by atoms with Gasteiger partial charge in [0, 0.05) is 36.6 Å². The number of ether oxygens (including phenoxy) is 1. The maximum absolute atomic E-state index is 12.3. The number of anilines is 1. The van der Waals surface area contributed by atoms with E-state index in [1.54, 1.807) is 18.0 Å². The van der Waals surface area contributed by atoms with Gasteiger partial charge >= 0.3 is 0 Å². The Bertz CT molecular complexity index is 677. The number of imidazole rings is 1. The molecule has 0 spiro atoms. The van der Waals surface area contributed by atoms with E-state index < -0.39 is 0 Å². The first-order chi connectivity index (χ1) is 11.1. The SMILES string of the molecule is C[C@H]1OCCN[C@@H]1C(=O)Nc1ccc(Sc2nccn2C)cc1.Cl. The van der Waals surface area contributed by atoms with E-state index in [9.17, 15) is 4.79 Å². The third-order valence-corrected chi connectivity index (χ3v) is 4.79. The number of aryl methyl sites for hydroxylation is 1. The largest absolute Gasteiger partial charge is 0.375 e. The van der Waals surface area contributed by atoms with Gasteiger partial charge in [0.05, 0.1) is 12.7 Å². The summed E-state index contributed by atoms with van der Waals surface area (Å²) in [5.74, 6) is -0.0679. The topological polar surface area (TPSA) is 68.2 Å². The van der Waals surface area contributed by atoms with E-state index in [-0.39, 0.29) is 30.5 Å². The monoisotopic (exact) mass is 368 g/mol. The first kappa shape index (κ1) is 18.8. The van der Waals surface area contributed by atoms with Gasteiger partial charge in [-0.05, 0) is 31.2 Å². The second-order valence-electron chi connectivity index (χ2n) is 5.44. The Morgan fingerprint density at radius 3 is 2.79 bits per heavy atom. The number of rotatable bonds is 4. The van der Waals surface area contributed by atoms with Crippen LogP contribution in [0.4, 0.5) is 5.69 Å². The molecule has 0 bridgehead atoms. The predicted octanol–water partition coefficient (Wildman–Crippen LogP) is 2.31. The minimum Gasteiger partial charge on any atom is -0.375 e. The van der Waals surface area contributed by atoms with Crippen molar-refractivity contribution >= 4 is 35.8 Å². The van der Waals surface area contributed by atoms with Crippen molar-refractivity contribution in [2.75, 3.05) is 18.5 Å². The van der Waals surface area contributed by atoms with E-state index >= 15 is 0 Å². The number of benzene rings is 1. The van der Waals surface area contributed by atoms with E-state index in [2.05, 4.69) is 15.6 Å². The summed E-state index contributed by atoms with van der Waals surface area (Å²) in [6.07, 6.45) is 3.57. The second-order valence-corrected chi connectivity index (χ2v) is 6.48. The van der Waals surface area contributed by atoms with Crippen LogP contribution in [0, 0.1) is 0 Å². The van der Waals surface area contributed by atoms with Crippen LogP contribution in [-0.4, -0.2) is 40.8 Å². The van der Waals surface area contributed by atoms with Gasteiger partial charge < -0.3 is 19.9 Å². The Kier molecular flexibility index (Phi) is 6.68. The summed E-state index contributed by atoms with van der Waals surface area (Å²) >= 11 is 1.58. The van der Waals surface area contributed by atoms with Crippen LogP contribution in [0.1, 0.15) is 6.92 Å². The number of nitrogens with one attached hydrogen (secondary N) is 2. The Hall–Kier alpha value is -1.54. The van der Waals surface area contributed by atoms with Crippen molar-refractivity contribution in [2.45, 2.75) is 29.1 Å². The number of halogens is 1. The maximum atomic E-state index is 12.3. The molecule has 2 N–H and O–H groups in total. The standard InChI is InChI=1S/C16H20N4O2S.ClH/c1-11-14(17-8-10-22-11)15(21)19-12-3-5-13(6-4-12)23-16-18-7-9-20(16)2;/h3-7,9,11,14,17H,8,10H2,1-2H3,(H,19,21);1H/t11-,14+;/m1./s1. The molecule has 2 heterocycles. The molecule has 0 aliphatic carbocycles. The molecule has 1 amide bonds. The smallest absolute Gasteiger partial charge is 0.244 e. The summed E-state index contributed by atoms with van der Waals surface area (Å²) in [6, 6.07) is 7.44. The predicted molar refractivity (Wildman–Crippen MR) is 96.9 cm³/mol. The molecule has 24 heavy (non-hydrogen) atoms. The quantitative estimate of drug-likeness (QED) is 0.866. The van der Waals surface area contributed by atoms with Crippen LogP contribution < -0.4 is 10.6 Å². The van der Waals surface area contributed by atoms with Crippen LogP contribution in [0.2, 0.25) is 0 Å². The normalized spacial score (nSPS) is 20.2. The van der Waals surface area contributed by atoms with Gasteiger partial charge in [0.1, 0.15) is 6.04 Å².